The lowest BCUT2D eigenvalue weighted by Gasteiger charge is -2.10. The number of aryl methyl sites for hydroxylation is 1. The molecule has 0 radical (unpaired) electrons. The fraction of sp³-hybridized carbons (Fsp3) is 0.138. The van der Waals surface area contributed by atoms with Crippen molar-refractivity contribution in [3.05, 3.63) is 102 Å². The number of alkyl halides is 3. The molecule has 0 atom stereocenters. The molecule has 0 aliphatic rings. The smallest absolute Gasteiger partial charge is 0.406 e. The number of carbonyl (C=O) groups is 1. The standard InChI is InChI=1S/C29H22F3N3O2/c1-19-4-2-3-5-21(19)15-24(36)17-33-16-20-6-12-26-22(14-20)7-13-27-28(26)34-18-35(27)23-8-10-25(11-9-23)37-29(30,31)32/h2-14,16,18H,15,17H2,1H3. The Hall–Kier alpha value is -4.46. The van der Waals surface area contributed by atoms with Crippen molar-refractivity contribution in [3.63, 3.8) is 0 Å². The zero-order valence-corrected chi connectivity index (χ0v) is 19.9. The molecule has 0 aliphatic carbocycles. The number of imidazole rings is 1. The van der Waals surface area contributed by atoms with E-state index in [0.717, 1.165) is 38.5 Å². The zero-order valence-electron chi connectivity index (χ0n) is 19.9. The molecule has 5 nitrogen and oxygen atoms in total. The summed E-state index contributed by atoms with van der Waals surface area (Å²) in [6, 6.07) is 23.2. The largest absolute Gasteiger partial charge is 0.573 e. The number of aromatic nitrogens is 2. The highest BCUT2D eigenvalue weighted by molar-refractivity contribution is 6.06. The number of ether oxygens (including phenoxy) is 1. The molecule has 0 aliphatic heterocycles. The number of nitrogens with zero attached hydrogens (tertiary/aromatic N) is 3. The van der Waals surface area contributed by atoms with E-state index in [-0.39, 0.29) is 18.1 Å². The number of hydrogen-bond acceptors (Lipinski definition) is 4. The van der Waals surface area contributed by atoms with Gasteiger partial charge < -0.3 is 4.74 Å². The average molecular weight is 502 g/mol. The molecule has 5 rings (SSSR count). The first-order valence-electron chi connectivity index (χ1n) is 11.6. The fourth-order valence-electron chi connectivity index (χ4n) is 4.25. The van der Waals surface area contributed by atoms with Gasteiger partial charge >= 0.3 is 6.36 Å². The van der Waals surface area contributed by atoms with Crippen LogP contribution >= 0.6 is 0 Å². The van der Waals surface area contributed by atoms with Gasteiger partial charge in [-0.3, -0.25) is 14.4 Å². The van der Waals surface area contributed by atoms with E-state index in [0.29, 0.717) is 12.1 Å². The molecular formula is C29H22F3N3O2. The summed E-state index contributed by atoms with van der Waals surface area (Å²) in [5.74, 6) is -0.228. The van der Waals surface area contributed by atoms with Crippen molar-refractivity contribution in [2.45, 2.75) is 19.7 Å². The summed E-state index contributed by atoms with van der Waals surface area (Å²) in [4.78, 5) is 21.2. The molecule has 0 amide bonds. The van der Waals surface area contributed by atoms with Crippen LogP contribution in [0.4, 0.5) is 13.2 Å². The van der Waals surface area contributed by atoms with E-state index < -0.39 is 6.36 Å². The molecule has 5 aromatic rings. The molecule has 0 bridgehead atoms. The molecule has 0 fully saturated rings. The summed E-state index contributed by atoms with van der Waals surface area (Å²) in [5, 5.41) is 1.89. The maximum absolute atomic E-state index is 12.4. The predicted octanol–water partition coefficient (Wildman–Crippen LogP) is 6.62. The Morgan fingerprint density at radius 1 is 1.03 bits per heavy atom. The molecule has 0 saturated heterocycles. The first-order chi connectivity index (χ1) is 17.8. The number of benzene rings is 4. The van der Waals surface area contributed by atoms with Crippen LogP contribution in [0.1, 0.15) is 16.7 Å². The molecule has 8 heteroatoms. The topological polar surface area (TPSA) is 56.5 Å². The monoisotopic (exact) mass is 501 g/mol. The van der Waals surface area contributed by atoms with Gasteiger partial charge in [0, 0.05) is 23.7 Å². The molecule has 0 N–H and O–H groups in total. The minimum atomic E-state index is -4.73. The molecule has 1 aromatic heterocycles. The Labute approximate surface area is 210 Å². The van der Waals surface area contributed by atoms with E-state index in [9.17, 15) is 18.0 Å². The van der Waals surface area contributed by atoms with Gasteiger partial charge in [-0.15, -0.1) is 13.2 Å². The van der Waals surface area contributed by atoms with E-state index >= 15 is 0 Å². The lowest BCUT2D eigenvalue weighted by atomic mass is 10.0. The summed E-state index contributed by atoms with van der Waals surface area (Å²) >= 11 is 0. The van der Waals surface area contributed by atoms with Gasteiger partial charge in [-0.2, -0.15) is 0 Å². The van der Waals surface area contributed by atoms with Gasteiger partial charge in [-0.25, -0.2) is 4.98 Å². The van der Waals surface area contributed by atoms with E-state index in [1.807, 2.05) is 66.1 Å². The van der Waals surface area contributed by atoms with Crippen molar-refractivity contribution in [1.82, 2.24) is 9.55 Å². The van der Waals surface area contributed by atoms with Crippen LogP contribution in [-0.4, -0.2) is 34.5 Å². The van der Waals surface area contributed by atoms with Gasteiger partial charge in [0.1, 0.15) is 12.1 Å². The van der Waals surface area contributed by atoms with Crippen LogP contribution in [-0.2, 0) is 11.2 Å². The van der Waals surface area contributed by atoms with Crippen molar-refractivity contribution in [2.75, 3.05) is 6.54 Å². The van der Waals surface area contributed by atoms with Gasteiger partial charge in [-0.05, 0) is 65.4 Å². The number of rotatable bonds is 7. The molecule has 186 valence electrons. The van der Waals surface area contributed by atoms with Crippen LogP contribution in [0.15, 0.2) is 90.2 Å². The van der Waals surface area contributed by atoms with Crippen molar-refractivity contribution < 1.29 is 22.7 Å². The number of aliphatic imine (C=N–C) groups is 1. The first kappa shape index (κ1) is 24.2. The Morgan fingerprint density at radius 3 is 2.57 bits per heavy atom. The molecule has 0 saturated carbocycles. The predicted molar refractivity (Wildman–Crippen MR) is 138 cm³/mol. The Bertz CT molecular complexity index is 1620. The highest BCUT2D eigenvalue weighted by Crippen LogP contribution is 2.28. The molecule has 0 spiro atoms. The van der Waals surface area contributed by atoms with Gasteiger partial charge in [0.15, 0.2) is 5.78 Å². The maximum atomic E-state index is 12.4. The van der Waals surface area contributed by atoms with Crippen LogP contribution in [0.5, 0.6) is 5.75 Å². The number of carbonyl (C=O) groups excluding carboxylic acids is 1. The lowest BCUT2D eigenvalue weighted by Crippen LogP contribution is -2.17. The summed E-state index contributed by atoms with van der Waals surface area (Å²) in [6.07, 6.45) is -1.04. The van der Waals surface area contributed by atoms with Crippen LogP contribution in [0.2, 0.25) is 0 Å². The van der Waals surface area contributed by atoms with Gasteiger partial charge in [-0.1, -0.05) is 42.5 Å². The normalized spacial score (nSPS) is 12.0. The number of fused-ring (bicyclic) bond motifs is 3. The maximum Gasteiger partial charge on any atom is 0.573 e. The minimum Gasteiger partial charge on any atom is -0.406 e. The van der Waals surface area contributed by atoms with Crippen molar-refractivity contribution in [1.29, 1.82) is 0 Å². The van der Waals surface area contributed by atoms with Gasteiger partial charge in [0.2, 0.25) is 0 Å². The van der Waals surface area contributed by atoms with E-state index in [4.69, 9.17) is 0 Å². The molecule has 4 aromatic carbocycles. The zero-order chi connectivity index (χ0) is 26.0. The van der Waals surface area contributed by atoms with Crippen LogP contribution in [0.25, 0.3) is 27.5 Å². The molecule has 0 unspecified atom stereocenters. The molecule has 37 heavy (non-hydrogen) atoms. The SMILES string of the molecule is Cc1ccccc1CC(=O)CN=Cc1ccc2c(ccc3c2ncn3-c2ccc(OC(F)(F)F)cc2)c1. The molecular weight excluding hydrogens is 479 g/mol. The number of halogens is 3. The third kappa shape index (κ3) is 5.53. The second-order valence-corrected chi connectivity index (χ2v) is 8.68. The Kier molecular flexibility index (Phi) is 6.48. The van der Waals surface area contributed by atoms with Gasteiger partial charge in [0.05, 0.1) is 17.6 Å². The van der Waals surface area contributed by atoms with Crippen LogP contribution in [0, 0.1) is 6.92 Å². The van der Waals surface area contributed by atoms with Crippen LogP contribution in [0.3, 0.4) is 0 Å². The van der Waals surface area contributed by atoms with Crippen molar-refractivity contribution >= 4 is 33.8 Å². The number of ketones is 1. The Morgan fingerprint density at radius 2 is 1.81 bits per heavy atom. The average Bonchev–Trinajstić information content (AvgIpc) is 3.29. The van der Waals surface area contributed by atoms with Crippen molar-refractivity contribution in [2.24, 2.45) is 4.99 Å². The second kappa shape index (κ2) is 9.89. The minimum absolute atomic E-state index is 0.0524. The first-order valence-corrected chi connectivity index (χ1v) is 11.6. The Balaban J connectivity index is 1.32. The summed E-state index contributed by atoms with van der Waals surface area (Å²) in [6.45, 7) is 2.10. The second-order valence-electron chi connectivity index (χ2n) is 8.68. The van der Waals surface area contributed by atoms with Crippen molar-refractivity contribution in [3.8, 4) is 11.4 Å². The van der Waals surface area contributed by atoms with E-state index in [1.54, 1.807) is 24.7 Å². The third-order valence-corrected chi connectivity index (χ3v) is 6.06. The van der Waals surface area contributed by atoms with Gasteiger partial charge in [0.25, 0.3) is 0 Å². The number of hydrogen-bond donors (Lipinski definition) is 0. The number of Topliss-reactive ketones (excluding diaryl/α,β-unsaturated/α-hetero) is 1. The van der Waals surface area contributed by atoms with E-state index in [2.05, 4.69) is 14.7 Å². The molecule has 1 heterocycles. The third-order valence-electron chi connectivity index (χ3n) is 6.06. The highest BCUT2D eigenvalue weighted by Gasteiger charge is 2.31. The van der Waals surface area contributed by atoms with Crippen LogP contribution < -0.4 is 4.74 Å². The fourth-order valence-corrected chi connectivity index (χ4v) is 4.25. The lowest BCUT2D eigenvalue weighted by molar-refractivity contribution is -0.274. The highest BCUT2D eigenvalue weighted by atomic mass is 19.4. The summed E-state index contributed by atoms with van der Waals surface area (Å²) < 4.78 is 43.1. The van der Waals surface area contributed by atoms with E-state index in [1.165, 1.54) is 12.1 Å². The summed E-state index contributed by atoms with van der Waals surface area (Å²) in [5.41, 5.74) is 5.23. The summed E-state index contributed by atoms with van der Waals surface area (Å²) in [7, 11) is 0. The quantitative estimate of drug-likeness (QED) is 0.236.